The zero-order chi connectivity index (χ0) is 16.3. The van der Waals surface area contributed by atoms with Crippen LogP contribution >= 0.6 is 11.6 Å². The van der Waals surface area contributed by atoms with Crippen molar-refractivity contribution in [2.24, 2.45) is 0 Å². The molecular formula is C17H19ClN2O2. The van der Waals surface area contributed by atoms with Gasteiger partial charge in [-0.1, -0.05) is 32.4 Å². The fourth-order valence-electron chi connectivity index (χ4n) is 1.95. The first-order chi connectivity index (χ1) is 10.3. The predicted octanol–water partition coefficient (Wildman–Crippen LogP) is 4.29. The first kappa shape index (κ1) is 16.3. The fraction of sp³-hybridized carbons (Fsp3) is 0.294. The van der Waals surface area contributed by atoms with Gasteiger partial charge in [-0.15, -0.1) is 0 Å². The molecule has 0 unspecified atom stereocenters. The summed E-state index contributed by atoms with van der Waals surface area (Å²) in [5.74, 6) is 0.330. The molecule has 2 rings (SSSR count). The third kappa shape index (κ3) is 3.77. The molecule has 2 aromatic rings. The number of benzene rings is 1. The van der Waals surface area contributed by atoms with Crippen LogP contribution in [0.3, 0.4) is 0 Å². The lowest BCUT2D eigenvalue weighted by atomic mass is 9.91. The maximum absolute atomic E-state index is 12.4. The van der Waals surface area contributed by atoms with Crippen molar-refractivity contribution in [1.29, 1.82) is 0 Å². The van der Waals surface area contributed by atoms with Gasteiger partial charge in [0.1, 0.15) is 5.75 Å². The summed E-state index contributed by atoms with van der Waals surface area (Å²) in [7, 11) is 1.54. The second kappa shape index (κ2) is 6.36. The number of halogens is 1. The Morgan fingerprint density at radius 1 is 1.23 bits per heavy atom. The van der Waals surface area contributed by atoms with Gasteiger partial charge in [0, 0.05) is 27.9 Å². The van der Waals surface area contributed by atoms with Crippen molar-refractivity contribution in [2.75, 3.05) is 12.4 Å². The number of ether oxygens (including phenoxy) is 1. The zero-order valence-corrected chi connectivity index (χ0v) is 13.9. The monoisotopic (exact) mass is 318 g/mol. The van der Waals surface area contributed by atoms with E-state index in [1.807, 2.05) is 0 Å². The number of carbonyl (C=O) groups is 1. The highest BCUT2D eigenvalue weighted by molar-refractivity contribution is 6.31. The minimum Gasteiger partial charge on any atom is -0.495 e. The molecule has 0 fully saturated rings. The molecule has 5 heteroatoms. The molecule has 0 aliphatic rings. The largest absolute Gasteiger partial charge is 0.495 e. The maximum atomic E-state index is 12.4. The number of nitrogens with zero attached hydrogens (tertiary/aromatic N) is 1. The van der Waals surface area contributed by atoms with Gasteiger partial charge in [0.2, 0.25) is 0 Å². The normalized spacial score (nSPS) is 11.1. The van der Waals surface area contributed by atoms with E-state index >= 15 is 0 Å². The number of nitrogens with one attached hydrogen (secondary N) is 1. The topological polar surface area (TPSA) is 51.2 Å². The molecule has 1 heterocycles. The van der Waals surface area contributed by atoms with E-state index in [9.17, 15) is 4.79 Å². The highest BCUT2D eigenvalue weighted by Gasteiger charge is 2.18. The van der Waals surface area contributed by atoms with E-state index in [1.54, 1.807) is 43.6 Å². The second-order valence-electron chi connectivity index (χ2n) is 5.98. The molecule has 116 valence electrons. The molecule has 0 saturated carbocycles. The first-order valence-corrected chi connectivity index (χ1v) is 7.30. The molecule has 1 amide bonds. The Balaban J connectivity index is 2.28. The van der Waals surface area contributed by atoms with Crippen LogP contribution in [0.1, 0.15) is 36.8 Å². The number of anilines is 1. The molecule has 0 radical (unpaired) electrons. The van der Waals surface area contributed by atoms with Crippen molar-refractivity contribution in [2.45, 2.75) is 26.2 Å². The SMILES string of the molecule is COc1ccc(Cl)cc1NC(=O)c1ccnc(C(C)(C)C)c1. The Kier molecular flexibility index (Phi) is 4.71. The van der Waals surface area contributed by atoms with Gasteiger partial charge in [0.25, 0.3) is 5.91 Å². The molecule has 0 bridgehead atoms. The van der Waals surface area contributed by atoms with Crippen LogP contribution in [-0.4, -0.2) is 18.0 Å². The summed E-state index contributed by atoms with van der Waals surface area (Å²) in [6, 6.07) is 8.56. The van der Waals surface area contributed by atoms with Crippen molar-refractivity contribution in [3.63, 3.8) is 0 Å². The summed E-state index contributed by atoms with van der Waals surface area (Å²) < 4.78 is 5.23. The summed E-state index contributed by atoms with van der Waals surface area (Å²) in [5.41, 5.74) is 1.82. The van der Waals surface area contributed by atoms with Crippen molar-refractivity contribution in [3.05, 3.63) is 52.8 Å². The van der Waals surface area contributed by atoms with Crippen LogP contribution in [0.25, 0.3) is 0 Å². The van der Waals surface area contributed by atoms with Crippen LogP contribution in [0, 0.1) is 0 Å². The van der Waals surface area contributed by atoms with Gasteiger partial charge in [-0.2, -0.15) is 0 Å². The molecule has 1 aromatic carbocycles. The van der Waals surface area contributed by atoms with Crippen LogP contribution in [-0.2, 0) is 5.41 Å². The van der Waals surface area contributed by atoms with Crippen molar-refractivity contribution in [1.82, 2.24) is 4.98 Å². The van der Waals surface area contributed by atoms with Gasteiger partial charge in [0.15, 0.2) is 0 Å². The first-order valence-electron chi connectivity index (χ1n) is 6.92. The van der Waals surface area contributed by atoms with Gasteiger partial charge >= 0.3 is 0 Å². The number of carbonyl (C=O) groups excluding carboxylic acids is 1. The van der Waals surface area contributed by atoms with Crippen LogP contribution in [0.15, 0.2) is 36.5 Å². The molecule has 0 aliphatic carbocycles. The van der Waals surface area contributed by atoms with E-state index in [2.05, 4.69) is 31.1 Å². The van der Waals surface area contributed by atoms with Gasteiger partial charge in [-0.3, -0.25) is 9.78 Å². The lowest BCUT2D eigenvalue weighted by molar-refractivity contribution is 0.102. The van der Waals surface area contributed by atoms with Crippen molar-refractivity contribution >= 4 is 23.2 Å². The standard InChI is InChI=1S/C17H19ClN2O2/c1-17(2,3)15-9-11(7-8-19-15)16(21)20-13-10-12(18)5-6-14(13)22-4/h5-10H,1-4H3,(H,20,21). The molecule has 1 aromatic heterocycles. The highest BCUT2D eigenvalue weighted by atomic mass is 35.5. The van der Waals surface area contributed by atoms with Gasteiger partial charge < -0.3 is 10.1 Å². The number of amides is 1. The molecule has 0 atom stereocenters. The lowest BCUT2D eigenvalue weighted by Gasteiger charge is -2.18. The molecule has 1 N–H and O–H groups in total. The van der Waals surface area contributed by atoms with E-state index in [0.29, 0.717) is 22.0 Å². The van der Waals surface area contributed by atoms with E-state index in [4.69, 9.17) is 16.3 Å². The molecular weight excluding hydrogens is 300 g/mol. The predicted molar refractivity (Wildman–Crippen MR) is 88.9 cm³/mol. The summed E-state index contributed by atoms with van der Waals surface area (Å²) in [5, 5.41) is 3.35. The average molecular weight is 319 g/mol. The van der Waals surface area contributed by atoms with E-state index in [0.717, 1.165) is 5.69 Å². The van der Waals surface area contributed by atoms with Crippen LogP contribution in [0.2, 0.25) is 5.02 Å². The Morgan fingerprint density at radius 3 is 2.59 bits per heavy atom. The van der Waals surface area contributed by atoms with Gasteiger partial charge in [-0.25, -0.2) is 0 Å². The number of hydrogen-bond donors (Lipinski definition) is 1. The third-order valence-corrected chi connectivity index (χ3v) is 3.44. The Hall–Kier alpha value is -2.07. The Labute approximate surface area is 135 Å². The fourth-order valence-corrected chi connectivity index (χ4v) is 2.13. The van der Waals surface area contributed by atoms with Crippen LogP contribution in [0.5, 0.6) is 5.75 Å². The molecule has 0 saturated heterocycles. The number of pyridine rings is 1. The summed E-state index contributed by atoms with van der Waals surface area (Å²) >= 11 is 5.97. The van der Waals surface area contributed by atoms with Gasteiger partial charge in [0.05, 0.1) is 12.8 Å². The van der Waals surface area contributed by atoms with Crippen molar-refractivity contribution < 1.29 is 9.53 Å². The number of aromatic nitrogens is 1. The number of hydrogen-bond acceptors (Lipinski definition) is 3. The molecule has 22 heavy (non-hydrogen) atoms. The van der Waals surface area contributed by atoms with Crippen LogP contribution < -0.4 is 10.1 Å². The molecule has 4 nitrogen and oxygen atoms in total. The van der Waals surface area contributed by atoms with Crippen LogP contribution in [0.4, 0.5) is 5.69 Å². The highest BCUT2D eigenvalue weighted by Crippen LogP contribution is 2.28. The minimum atomic E-state index is -0.228. The maximum Gasteiger partial charge on any atom is 0.255 e. The van der Waals surface area contributed by atoms with E-state index < -0.39 is 0 Å². The Bertz CT molecular complexity index is 693. The minimum absolute atomic E-state index is 0.121. The summed E-state index contributed by atoms with van der Waals surface area (Å²) in [6.45, 7) is 6.16. The summed E-state index contributed by atoms with van der Waals surface area (Å²) in [4.78, 5) is 16.8. The summed E-state index contributed by atoms with van der Waals surface area (Å²) in [6.07, 6.45) is 1.64. The smallest absolute Gasteiger partial charge is 0.255 e. The quantitative estimate of drug-likeness (QED) is 0.918. The lowest BCUT2D eigenvalue weighted by Crippen LogP contribution is -2.17. The Morgan fingerprint density at radius 2 is 1.95 bits per heavy atom. The average Bonchev–Trinajstić information content (AvgIpc) is 2.47. The van der Waals surface area contributed by atoms with E-state index in [-0.39, 0.29) is 11.3 Å². The second-order valence-corrected chi connectivity index (χ2v) is 6.41. The molecule has 0 spiro atoms. The zero-order valence-electron chi connectivity index (χ0n) is 13.1. The third-order valence-electron chi connectivity index (χ3n) is 3.20. The van der Waals surface area contributed by atoms with Gasteiger partial charge in [-0.05, 0) is 30.3 Å². The van der Waals surface area contributed by atoms with E-state index in [1.165, 1.54) is 0 Å². The number of methoxy groups -OCH3 is 1. The number of rotatable bonds is 3. The van der Waals surface area contributed by atoms with Crippen molar-refractivity contribution in [3.8, 4) is 5.75 Å². The molecule has 0 aliphatic heterocycles.